The molecule has 394 valence electrons. The maximum Gasteiger partial charge on any atom is 0.338 e. The Balaban J connectivity index is 1.25. The second kappa shape index (κ2) is 25.1. The van der Waals surface area contributed by atoms with Crippen LogP contribution in [0.25, 0.3) is 89.7 Å². The van der Waals surface area contributed by atoms with Gasteiger partial charge in [0, 0.05) is 43.8 Å². The Morgan fingerprint density at radius 1 is 0.329 bits per heavy atom. The standard InChI is InChI=1S/C60H66N8O8/c1-5-9-13-17-29-73-57(69)37-21-25-41-45(33-37)53-61-49(41)66-54-47-35-39(59(71)75-31-19-15-11-7-3)23-27-43(47)51(63-54)68-56-48-36-40(60(72)76-32-20-16-12-8-4)24-28-44(48)52(64-56)67-55-46-34-38(22-26-42(46)50(62-55)65-53)58(70)74-30-18-14-10-6-2/h21-28,33-36H,5-20,29-32H2,1-4H3,(H2,61,62,63,64,65,66,67,68). The van der Waals surface area contributed by atoms with Crippen molar-refractivity contribution in [3.8, 4) is 45.6 Å². The van der Waals surface area contributed by atoms with Gasteiger partial charge in [-0.3, -0.25) is 0 Å². The first-order valence-electron chi connectivity index (χ1n) is 27.3. The molecule has 76 heavy (non-hydrogen) atoms. The maximum atomic E-state index is 13.6. The van der Waals surface area contributed by atoms with Gasteiger partial charge in [-0.15, -0.1) is 0 Å². The summed E-state index contributed by atoms with van der Waals surface area (Å²) >= 11 is 0. The van der Waals surface area contributed by atoms with Crippen LogP contribution < -0.4 is 0 Å². The summed E-state index contributed by atoms with van der Waals surface area (Å²) in [6.45, 7) is 9.72. The molecule has 0 unspecified atom stereocenters. The van der Waals surface area contributed by atoms with Crippen LogP contribution in [0.2, 0.25) is 0 Å². The average molecular weight is 1030 g/mol. The third-order valence-electron chi connectivity index (χ3n) is 13.7. The Morgan fingerprint density at radius 3 is 0.947 bits per heavy atom. The van der Waals surface area contributed by atoms with E-state index in [0.717, 1.165) is 103 Å². The molecule has 0 saturated heterocycles. The largest absolute Gasteiger partial charge is 0.462 e. The molecule has 2 aliphatic heterocycles. The summed E-state index contributed by atoms with van der Waals surface area (Å²) < 4.78 is 22.9. The van der Waals surface area contributed by atoms with E-state index in [4.69, 9.17) is 48.9 Å². The average Bonchev–Trinajstić information content (AvgIpc) is 4.18. The number of nitrogens with zero attached hydrogens (tertiary/aromatic N) is 6. The molecule has 0 atom stereocenters. The van der Waals surface area contributed by atoms with Crippen LogP contribution in [0.15, 0.2) is 72.8 Å². The van der Waals surface area contributed by atoms with Gasteiger partial charge in [-0.05, 0) is 98.5 Å². The van der Waals surface area contributed by atoms with Gasteiger partial charge in [0.15, 0.2) is 23.3 Å². The number of H-pyrrole nitrogens is 2. The summed E-state index contributed by atoms with van der Waals surface area (Å²) in [7, 11) is 0. The van der Waals surface area contributed by atoms with Gasteiger partial charge in [0.25, 0.3) is 0 Å². The normalized spacial score (nSPS) is 11.6. The number of fused-ring (bicyclic) bond motifs is 20. The maximum absolute atomic E-state index is 13.6. The molecule has 0 aliphatic carbocycles. The fourth-order valence-corrected chi connectivity index (χ4v) is 9.41. The number of carbonyl (C=O) groups excluding carboxylic acids is 4. The van der Waals surface area contributed by atoms with Crippen LogP contribution in [-0.2, 0) is 18.9 Å². The Kier molecular flexibility index (Phi) is 17.5. The van der Waals surface area contributed by atoms with E-state index in [1.165, 1.54) is 0 Å². The molecule has 5 heterocycles. The van der Waals surface area contributed by atoms with Crippen molar-refractivity contribution in [3.63, 3.8) is 0 Å². The van der Waals surface area contributed by atoms with E-state index in [0.29, 0.717) is 115 Å². The van der Waals surface area contributed by atoms with Crippen LogP contribution in [-0.4, -0.2) is 90.2 Å². The summed E-state index contributed by atoms with van der Waals surface area (Å²) in [4.78, 5) is 91.7. The van der Waals surface area contributed by atoms with Gasteiger partial charge in [-0.1, -0.05) is 105 Å². The third kappa shape index (κ3) is 12.1. The van der Waals surface area contributed by atoms with Crippen molar-refractivity contribution >= 4 is 68.0 Å². The van der Waals surface area contributed by atoms with Gasteiger partial charge < -0.3 is 28.9 Å². The monoisotopic (exact) mass is 1030 g/mol. The van der Waals surface area contributed by atoms with Crippen molar-refractivity contribution < 1.29 is 38.1 Å². The lowest BCUT2D eigenvalue weighted by atomic mass is 10.0. The lowest BCUT2D eigenvalue weighted by molar-refractivity contribution is 0.0488. The van der Waals surface area contributed by atoms with E-state index in [-0.39, 0.29) is 23.3 Å². The summed E-state index contributed by atoms with van der Waals surface area (Å²) in [5.41, 5.74) is 4.97. The second-order valence-electron chi connectivity index (χ2n) is 19.4. The first kappa shape index (κ1) is 53.0. The van der Waals surface area contributed by atoms with Gasteiger partial charge in [0.1, 0.15) is 22.6 Å². The Bertz CT molecular complexity index is 3230. The van der Waals surface area contributed by atoms with Crippen LogP contribution in [0.5, 0.6) is 0 Å². The topological polar surface area (TPSA) is 214 Å². The number of esters is 4. The molecule has 0 saturated carbocycles. The molecule has 8 bridgehead atoms. The zero-order valence-corrected chi connectivity index (χ0v) is 44.0. The van der Waals surface area contributed by atoms with Gasteiger partial charge in [-0.2, -0.15) is 0 Å². The first-order valence-corrected chi connectivity index (χ1v) is 27.3. The number of unbranched alkanes of at least 4 members (excludes halogenated alkanes) is 12. The van der Waals surface area contributed by atoms with Crippen molar-refractivity contribution in [2.45, 2.75) is 130 Å². The first-order chi connectivity index (χ1) is 37.2. The molecule has 16 nitrogen and oxygen atoms in total. The lowest BCUT2D eigenvalue weighted by Gasteiger charge is -2.06. The number of benzene rings is 4. The molecule has 0 spiro atoms. The van der Waals surface area contributed by atoms with E-state index < -0.39 is 23.9 Å². The van der Waals surface area contributed by atoms with Crippen LogP contribution in [0.4, 0.5) is 0 Å². The molecule has 3 aromatic heterocycles. The Hall–Kier alpha value is -7.88. The molecule has 2 N–H and O–H groups in total. The number of rotatable bonds is 24. The van der Waals surface area contributed by atoms with Crippen LogP contribution in [0.1, 0.15) is 172 Å². The lowest BCUT2D eigenvalue weighted by Crippen LogP contribution is -2.06. The molecule has 16 heteroatoms. The van der Waals surface area contributed by atoms with E-state index >= 15 is 0 Å². The highest BCUT2D eigenvalue weighted by atomic mass is 16.5. The van der Waals surface area contributed by atoms with Crippen molar-refractivity contribution in [2.75, 3.05) is 26.4 Å². The zero-order chi connectivity index (χ0) is 53.0. The minimum absolute atomic E-state index is 0.251. The molecule has 0 fully saturated rings. The van der Waals surface area contributed by atoms with Crippen LogP contribution in [0.3, 0.4) is 0 Å². The predicted molar refractivity (Wildman–Crippen MR) is 294 cm³/mol. The van der Waals surface area contributed by atoms with Crippen molar-refractivity contribution in [1.82, 2.24) is 39.9 Å². The SMILES string of the molecule is CCCCCCOC(=O)c1ccc2c(c1)-c1nc-2nc2[nH]c(nc3nc(nc4[nH]c(n1)c1ccc(C(=O)OCCCCCC)cc41)-c1ccc(C(=O)OCCCCCC)cc1-3)c1ccc(C(=O)OCCCCCC)cc21. The number of aromatic nitrogens is 8. The number of carbonyl (C=O) groups is 4. The predicted octanol–water partition coefficient (Wildman–Crippen LogP) is 13.8. The number of hydrogen-bond donors (Lipinski definition) is 2. The van der Waals surface area contributed by atoms with E-state index in [2.05, 4.69) is 37.7 Å². The van der Waals surface area contributed by atoms with Crippen molar-refractivity contribution in [2.24, 2.45) is 0 Å². The van der Waals surface area contributed by atoms with E-state index in [1.54, 1.807) is 72.8 Å². The third-order valence-corrected chi connectivity index (χ3v) is 13.7. The van der Waals surface area contributed by atoms with Gasteiger partial charge in [0.2, 0.25) is 0 Å². The number of hydrogen-bond acceptors (Lipinski definition) is 14. The molecule has 0 radical (unpaired) electrons. The highest BCUT2D eigenvalue weighted by molar-refractivity contribution is 6.09. The van der Waals surface area contributed by atoms with Crippen molar-refractivity contribution in [3.05, 3.63) is 95.1 Å². The van der Waals surface area contributed by atoms with Crippen LogP contribution in [0, 0.1) is 0 Å². The molecule has 2 aliphatic rings. The van der Waals surface area contributed by atoms with Crippen molar-refractivity contribution in [1.29, 1.82) is 0 Å². The fourth-order valence-electron chi connectivity index (χ4n) is 9.41. The summed E-state index contributed by atoms with van der Waals surface area (Å²) in [5, 5.41) is 2.36. The Labute approximate surface area is 441 Å². The zero-order valence-electron chi connectivity index (χ0n) is 44.0. The Morgan fingerprint density at radius 2 is 0.618 bits per heavy atom. The highest BCUT2D eigenvalue weighted by Crippen LogP contribution is 2.38. The molecule has 4 aromatic carbocycles. The number of nitrogens with one attached hydrogen (secondary N) is 2. The van der Waals surface area contributed by atoms with Gasteiger partial charge >= 0.3 is 23.9 Å². The summed E-state index contributed by atoms with van der Waals surface area (Å²) in [6.07, 6.45) is 15.4. The summed E-state index contributed by atoms with van der Waals surface area (Å²) in [5.74, 6) is -0.805. The minimum atomic E-state index is -0.468. The van der Waals surface area contributed by atoms with Crippen LogP contribution >= 0.6 is 0 Å². The highest BCUT2D eigenvalue weighted by Gasteiger charge is 2.26. The van der Waals surface area contributed by atoms with E-state index in [1.807, 2.05) is 0 Å². The fraction of sp³-hybridized carbons (Fsp3) is 0.400. The molecule has 7 aromatic rings. The minimum Gasteiger partial charge on any atom is -0.462 e. The quantitative estimate of drug-likeness (QED) is 0.0327. The van der Waals surface area contributed by atoms with E-state index in [9.17, 15) is 19.2 Å². The van der Waals surface area contributed by atoms with Gasteiger partial charge in [-0.25, -0.2) is 49.1 Å². The number of aromatic amines is 2. The smallest absolute Gasteiger partial charge is 0.338 e. The summed E-state index contributed by atoms with van der Waals surface area (Å²) in [6, 6.07) is 20.8. The number of ether oxygens (including phenoxy) is 4. The molecule has 0 amide bonds. The van der Waals surface area contributed by atoms with Gasteiger partial charge in [0.05, 0.1) is 48.7 Å². The molecule has 9 rings (SSSR count). The molecular formula is C60H66N8O8. The molecular weight excluding hydrogens is 961 g/mol. The second-order valence-corrected chi connectivity index (χ2v) is 19.4.